The van der Waals surface area contributed by atoms with E-state index in [2.05, 4.69) is 43.5 Å². The SMILES string of the molecule is C[C@@H]1O[C@@H](OCCCCCCCCCCCCCCCC/C=C/C(=O)SCCNC(=O)CCNC(=O)[C@H](O)C(C)(C)COP(=O)([O-])OP(=O)([O-])OC[C@H]2O[C@@H](n3cnc4c(N)ncnc43)[C@H](O)[C@@H]2OP(=O)([O-])[O-])[C@H](O)C[C@H]1O. The Kier molecular flexibility index (Phi) is 28.9. The number of nitrogens with one attached hydrogen (secondary N) is 2. The van der Waals surface area contributed by atoms with Gasteiger partial charge in [-0.15, -0.1) is 0 Å². The van der Waals surface area contributed by atoms with Crippen LogP contribution in [0.2, 0.25) is 0 Å². The average Bonchev–Trinajstić information content (AvgIpc) is 3.99. The van der Waals surface area contributed by atoms with Crippen molar-refractivity contribution in [3.8, 4) is 0 Å². The summed E-state index contributed by atoms with van der Waals surface area (Å²) in [5, 5.41) is 46.0. The van der Waals surface area contributed by atoms with Crippen LogP contribution in [-0.2, 0) is 60.2 Å². The second kappa shape index (κ2) is 33.3. The number of rotatable bonds is 38. The van der Waals surface area contributed by atoms with E-state index in [1.807, 2.05) is 6.08 Å². The lowest BCUT2D eigenvalue weighted by atomic mass is 9.87. The number of ether oxygens (including phenoxy) is 3. The van der Waals surface area contributed by atoms with Crippen molar-refractivity contribution in [1.82, 2.24) is 30.2 Å². The summed E-state index contributed by atoms with van der Waals surface area (Å²) in [6.45, 7) is 2.39. The van der Waals surface area contributed by atoms with Crippen LogP contribution in [-0.4, -0.2) is 145 Å². The summed E-state index contributed by atoms with van der Waals surface area (Å²) in [6, 6.07) is 0. The number of carbonyl (C=O) groups is 3. The van der Waals surface area contributed by atoms with Gasteiger partial charge in [0.15, 0.2) is 24.0 Å². The number of phosphoric acid groups is 3. The fourth-order valence-electron chi connectivity index (χ4n) is 8.27. The molecule has 2 aromatic heterocycles. The normalized spacial score (nSPS) is 24.0. The van der Waals surface area contributed by atoms with Gasteiger partial charge < -0.3 is 88.7 Å². The molecule has 32 heteroatoms. The lowest BCUT2D eigenvalue weighted by Gasteiger charge is -2.36. The molecule has 2 unspecified atom stereocenters. The maximum atomic E-state index is 12.7. The van der Waals surface area contributed by atoms with E-state index in [4.69, 9.17) is 19.9 Å². The Hall–Kier alpha value is -2.86. The monoisotopic (exact) mass is 1190 g/mol. The van der Waals surface area contributed by atoms with Crippen molar-refractivity contribution in [2.45, 2.75) is 185 Å². The number of imidazole rings is 1. The molecule has 2 aromatic rings. The molecule has 2 aliphatic rings. The van der Waals surface area contributed by atoms with Crippen LogP contribution in [0.15, 0.2) is 24.8 Å². The molecule has 0 saturated carbocycles. The molecule has 2 amide bonds. The van der Waals surface area contributed by atoms with Gasteiger partial charge in [0, 0.05) is 43.7 Å². The summed E-state index contributed by atoms with van der Waals surface area (Å²) in [6.07, 6.45) is 10.7. The number of carbonyl (C=O) groups excluding carboxylic acids is 3. The number of hydrogen-bond donors (Lipinski definition) is 7. The molecule has 446 valence electrons. The molecule has 0 bridgehead atoms. The highest BCUT2D eigenvalue weighted by Crippen LogP contribution is 2.56. The predicted molar refractivity (Wildman–Crippen MR) is 274 cm³/mol. The number of thioether (sulfide) groups is 1. The van der Waals surface area contributed by atoms with Crippen molar-refractivity contribution in [1.29, 1.82) is 0 Å². The molecule has 0 spiro atoms. The number of aliphatic hydroxyl groups excluding tert-OH is 4. The first kappa shape index (κ1) is 67.6. The van der Waals surface area contributed by atoms with E-state index in [1.165, 1.54) is 77.7 Å². The Morgan fingerprint density at radius 3 is 2.13 bits per heavy atom. The van der Waals surface area contributed by atoms with Crippen molar-refractivity contribution in [2.24, 2.45) is 5.41 Å². The molecule has 0 aromatic carbocycles. The number of nitrogens with two attached hydrogens (primary N) is 1. The predicted octanol–water partition coefficient (Wildman–Crippen LogP) is 1.42. The third-order valence-electron chi connectivity index (χ3n) is 12.7. The third-order valence-corrected chi connectivity index (χ3v) is 16.6. The zero-order valence-corrected chi connectivity index (χ0v) is 47.6. The van der Waals surface area contributed by atoms with Crippen LogP contribution in [0.1, 0.15) is 136 Å². The van der Waals surface area contributed by atoms with Crippen LogP contribution in [0.3, 0.4) is 0 Å². The Morgan fingerprint density at radius 2 is 1.49 bits per heavy atom. The maximum absolute atomic E-state index is 12.7. The molecule has 4 rings (SSSR count). The van der Waals surface area contributed by atoms with E-state index in [-0.39, 0.29) is 54.1 Å². The van der Waals surface area contributed by atoms with Crippen LogP contribution < -0.4 is 35.9 Å². The number of unbranched alkanes of at least 4 members (excludes halogenated alkanes) is 14. The number of fused-ring (bicyclic) bond motifs is 1. The number of allylic oxidation sites excluding steroid dienone is 1. The van der Waals surface area contributed by atoms with Crippen molar-refractivity contribution in [3.63, 3.8) is 0 Å². The average molecular weight is 1190 g/mol. The fourth-order valence-corrected chi connectivity index (χ4v) is 11.6. The van der Waals surface area contributed by atoms with E-state index in [0.717, 1.165) is 67.5 Å². The highest BCUT2D eigenvalue weighted by Gasteiger charge is 2.47. The standard InChI is InChI=1S/C46H80N7O21P3S/c1-31-32(54)26-33(55)45(71-31)68-24-19-17-15-13-11-9-7-5-4-6-8-10-12-14-16-18-20-36(57)78-25-23-48-35(56)21-22-49-43(60)40(59)46(2,3)28-70-77(66,67)74-76(64,65)69-27-34-39(73-75(61,62)63)38(58)44(72-34)53-30-52-37-41(47)50-29-51-42(37)53/h18,20,29-34,38-40,44-45,54-55,58-59H,4-17,19,21-28H2,1-3H3,(H,48,56)(H,49,60)(H,64,65)(H,66,67)(H2,47,50,51)(H2,61,62,63)/p-4/b20-18+/t31-,32+,33+,34+,38+,39+,40-,44+,45+/m0/s1. The van der Waals surface area contributed by atoms with Gasteiger partial charge in [-0.05, 0) is 32.3 Å². The largest absolute Gasteiger partial charge is 0.790 e. The Balaban J connectivity index is 0.983. The van der Waals surface area contributed by atoms with Crippen molar-refractivity contribution >= 4 is 69.1 Å². The minimum absolute atomic E-state index is 0.0243. The molecular formula is C46H76N7O21P3S-4. The molecule has 4 heterocycles. The summed E-state index contributed by atoms with van der Waals surface area (Å²) < 4.78 is 72.1. The summed E-state index contributed by atoms with van der Waals surface area (Å²) in [7, 11) is -17.6. The van der Waals surface area contributed by atoms with Gasteiger partial charge in [0.05, 0.1) is 39.6 Å². The Bertz CT molecular complexity index is 2350. The number of nitrogens with zero attached hydrogens (tertiary/aromatic N) is 4. The zero-order valence-electron chi connectivity index (χ0n) is 44.1. The Labute approximate surface area is 457 Å². The summed E-state index contributed by atoms with van der Waals surface area (Å²) in [4.78, 5) is 97.0. The number of phosphoric ester groups is 3. The molecule has 78 heavy (non-hydrogen) atoms. The minimum atomic E-state index is -5.93. The highest BCUT2D eigenvalue weighted by atomic mass is 32.2. The second-order valence-electron chi connectivity index (χ2n) is 19.7. The first-order chi connectivity index (χ1) is 36.8. The van der Waals surface area contributed by atoms with Gasteiger partial charge in [0.25, 0.3) is 15.6 Å². The molecule has 2 saturated heterocycles. The van der Waals surface area contributed by atoms with Gasteiger partial charge >= 0.3 is 0 Å². The molecule has 11 atom stereocenters. The van der Waals surface area contributed by atoms with E-state index in [1.54, 1.807) is 6.92 Å². The first-order valence-corrected chi connectivity index (χ1v) is 31.4. The Morgan fingerprint density at radius 1 is 0.872 bits per heavy atom. The zero-order chi connectivity index (χ0) is 57.5. The van der Waals surface area contributed by atoms with Gasteiger partial charge in [-0.3, -0.25) is 28.1 Å². The minimum Gasteiger partial charge on any atom is -0.790 e. The van der Waals surface area contributed by atoms with E-state index < -0.39 is 103 Å². The van der Waals surface area contributed by atoms with E-state index in [9.17, 15) is 68.1 Å². The molecule has 28 nitrogen and oxygen atoms in total. The number of amides is 2. The number of aromatic nitrogens is 4. The molecular weight excluding hydrogens is 1110 g/mol. The lowest BCUT2D eigenvalue weighted by molar-refractivity contribution is -0.347. The summed E-state index contributed by atoms with van der Waals surface area (Å²) >= 11 is 1.04. The summed E-state index contributed by atoms with van der Waals surface area (Å²) in [5.41, 5.74) is 4.07. The quantitative estimate of drug-likeness (QED) is 0.0284. The number of nitrogen functional groups attached to an aromatic ring is 1. The number of aliphatic hydroxyl groups is 4. The topological polar surface area (TPSA) is 434 Å². The smallest absolute Gasteiger partial charge is 0.274 e. The van der Waals surface area contributed by atoms with Crippen molar-refractivity contribution < 1.29 is 100 Å². The molecule has 2 aliphatic heterocycles. The van der Waals surface area contributed by atoms with Gasteiger partial charge in [0.1, 0.15) is 42.4 Å². The van der Waals surface area contributed by atoms with E-state index >= 15 is 0 Å². The molecule has 0 aliphatic carbocycles. The van der Waals surface area contributed by atoms with Gasteiger partial charge in [-0.2, -0.15) is 0 Å². The van der Waals surface area contributed by atoms with Crippen LogP contribution in [0.5, 0.6) is 0 Å². The number of anilines is 1. The molecule has 2 fully saturated rings. The van der Waals surface area contributed by atoms with E-state index in [0.29, 0.717) is 12.4 Å². The van der Waals surface area contributed by atoms with Crippen LogP contribution in [0, 0.1) is 5.41 Å². The fraction of sp³-hybridized carbons (Fsp3) is 0.783. The lowest BCUT2D eigenvalue weighted by Crippen LogP contribution is -2.47. The van der Waals surface area contributed by atoms with Gasteiger partial charge in [0.2, 0.25) is 16.9 Å². The first-order valence-electron chi connectivity index (χ1n) is 26.1. The third kappa shape index (κ3) is 24.3. The van der Waals surface area contributed by atoms with Crippen molar-refractivity contribution in [2.75, 3.05) is 44.4 Å². The summed E-state index contributed by atoms with van der Waals surface area (Å²) in [5.74, 6) is -1.25. The van der Waals surface area contributed by atoms with Crippen LogP contribution >= 0.6 is 35.2 Å². The van der Waals surface area contributed by atoms with Gasteiger partial charge in [-0.25, -0.2) is 19.3 Å². The van der Waals surface area contributed by atoms with Gasteiger partial charge in [-0.1, -0.05) is 109 Å². The molecule has 0 radical (unpaired) electrons. The molecule has 8 N–H and O–H groups in total. The van der Waals surface area contributed by atoms with Crippen LogP contribution in [0.25, 0.3) is 11.2 Å². The highest BCUT2D eigenvalue weighted by molar-refractivity contribution is 8.14. The number of hydrogen-bond acceptors (Lipinski definition) is 26. The second-order valence-corrected chi connectivity index (χ2v) is 24.9. The van der Waals surface area contributed by atoms with Crippen LogP contribution in [0.4, 0.5) is 5.82 Å². The van der Waals surface area contributed by atoms with Crippen molar-refractivity contribution in [3.05, 3.63) is 24.8 Å². The maximum Gasteiger partial charge on any atom is 0.274 e.